The average molecular weight is 632 g/mol. The summed E-state index contributed by atoms with van der Waals surface area (Å²) in [5.41, 5.74) is 1.67. The molecule has 4 heterocycles. The van der Waals surface area contributed by atoms with Gasteiger partial charge >= 0.3 is 0 Å². The van der Waals surface area contributed by atoms with Crippen LogP contribution in [0.4, 0.5) is 0 Å². The monoisotopic (exact) mass is 631 g/mol. The van der Waals surface area contributed by atoms with Gasteiger partial charge in [-0.2, -0.15) is 0 Å². The third kappa shape index (κ3) is 8.33. The van der Waals surface area contributed by atoms with Gasteiger partial charge in [0.25, 0.3) is 11.5 Å². The van der Waals surface area contributed by atoms with Crippen LogP contribution in [0.15, 0.2) is 45.9 Å². The molecule has 2 saturated heterocycles. The highest BCUT2D eigenvalue weighted by atomic mass is 35.5. The molecule has 0 bridgehead atoms. The molecule has 2 aliphatic heterocycles. The van der Waals surface area contributed by atoms with Crippen LogP contribution in [0.2, 0.25) is 0 Å². The minimum Gasteiger partial charge on any atom is -0.352 e. The van der Waals surface area contributed by atoms with Gasteiger partial charge in [0.05, 0.1) is 5.25 Å². The number of rotatable bonds is 11. The molecule has 12 heteroatoms. The predicted octanol–water partition coefficient (Wildman–Crippen LogP) is 3.14. The summed E-state index contributed by atoms with van der Waals surface area (Å²) in [6, 6.07) is 3.43. The molecule has 4 rings (SSSR count). The zero-order valence-corrected chi connectivity index (χ0v) is 27.2. The number of carbonyl (C=O) groups is 2. The lowest BCUT2D eigenvalue weighted by Gasteiger charge is -2.45. The van der Waals surface area contributed by atoms with E-state index >= 15 is 0 Å². The normalized spacial score (nSPS) is 19.5. The minimum absolute atomic E-state index is 0.0341. The molecule has 0 aromatic carbocycles. The summed E-state index contributed by atoms with van der Waals surface area (Å²) in [7, 11) is -3.10. The molecule has 43 heavy (non-hydrogen) atoms. The number of hydrogen-bond donors (Lipinski definition) is 1. The Morgan fingerprint density at radius 1 is 1.21 bits per heavy atom. The Kier molecular flexibility index (Phi) is 10.2. The van der Waals surface area contributed by atoms with Crippen LogP contribution in [0.5, 0.6) is 0 Å². The number of hydrogen-bond acceptors (Lipinski definition) is 7. The zero-order chi connectivity index (χ0) is 31.5. The molecule has 2 amide bonds. The van der Waals surface area contributed by atoms with Crippen LogP contribution < -0.4 is 10.9 Å². The Morgan fingerprint density at radius 3 is 2.56 bits per heavy atom. The van der Waals surface area contributed by atoms with Gasteiger partial charge in [0.2, 0.25) is 5.91 Å². The topological polar surface area (TPSA) is 122 Å². The average Bonchev–Trinajstić information content (AvgIpc) is 3.40. The first-order chi connectivity index (χ1) is 20.1. The molecule has 0 spiro atoms. The van der Waals surface area contributed by atoms with Crippen LogP contribution in [0, 0.1) is 5.41 Å². The lowest BCUT2D eigenvalue weighted by Crippen LogP contribution is -2.56. The van der Waals surface area contributed by atoms with Crippen LogP contribution in [0.25, 0.3) is 11.0 Å². The smallest absolute Gasteiger partial charge is 0.265 e. The van der Waals surface area contributed by atoms with Gasteiger partial charge in [0.1, 0.15) is 17.8 Å². The molecule has 1 atom stereocenters. The van der Waals surface area contributed by atoms with Crippen LogP contribution in [0.1, 0.15) is 56.5 Å². The fraction of sp³-hybridized carbons (Fsp3) is 0.548. The Morgan fingerprint density at radius 2 is 1.93 bits per heavy atom. The number of nitrogens with zero attached hydrogens (tertiary/aromatic N) is 4. The number of amides is 2. The van der Waals surface area contributed by atoms with Gasteiger partial charge in [-0.3, -0.25) is 19.0 Å². The molecular weight excluding hydrogens is 590 g/mol. The van der Waals surface area contributed by atoms with Gasteiger partial charge in [0, 0.05) is 55.6 Å². The van der Waals surface area contributed by atoms with Crippen molar-refractivity contribution in [3.05, 3.63) is 62.6 Å². The lowest BCUT2D eigenvalue weighted by atomic mass is 9.84. The first kappa shape index (κ1) is 32.9. The molecule has 0 aliphatic carbocycles. The maximum absolute atomic E-state index is 13.7. The van der Waals surface area contributed by atoms with E-state index in [9.17, 15) is 22.8 Å². The van der Waals surface area contributed by atoms with Crippen molar-refractivity contribution in [2.45, 2.75) is 58.8 Å². The third-order valence-electron chi connectivity index (χ3n) is 8.14. The van der Waals surface area contributed by atoms with Crippen LogP contribution in [-0.2, 0) is 27.6 Å². The molecule has 10 nitrogen and oxygen atoms in total. The molecule has 0 saturated carbocycles. The molecule has 2 fully saturated rings. The first-order valence-corrected chi connectivity index (χ1v) is 17.0. The second kappa shape index (κ2) is 13.3. The molecule has 234 valence electrons. The second-order valence-electron chi connectivity index (χ2n) is 12.6. The number of nitrogens with one attached hydrogen (secondary N) is 1. The van der Waals surface area contributed by atoms with Crippen molar-refractivity contribution in [3.63, 3.8) is 0 Å². The van der Waals surface area contributed by atoms with E-state index < -0.39 is 21.3 Å². The van der Waals surface area contributed by atoms with Crippen molar-refractivity contribution in [2.24, 2.45) is 5.41 Å². The van der Waals surface area contributed by atoms with Gasteiger partial charge in [-0.1, -0.05) is 37.1 Å². The van der Waals surface area contributed by atoms with E-state index in [0.717, 1.165) is 11.1 Å². The number of fused-ring (bicyclic) bond motifs is 1. The molecule has 2 aromatic heterocycles. The van der Waals surface area contributed by atoms with Gasteiger partial charge in [0.15, 0.2) is 9.84 Å². The van der Waals surface area contributed by atoms with Gasteiger partial charge in [-0.15, -0.1) is 0 Å². The van der Waals surface area contributed by atoms with E-state index in [4.69, 9.17) is 11.6 Å². The van der Waals surface area contributed by atoms with E-state index in [0.29, 0.717) is 74.6 Å². The number of aromatic nitrogens is 2. The molecular formula is C31H42ClN5O5S. The fourth-order valence-electron chi connectivity index (χ4n) is 5.68. The Hall–Kier alpha value is -3.02. The molecule has 2 aromatic rings. The highest BCUT2D eigenvalue weighted by molar-refractivity contribution is 7.91. The number of halogens is 1. The number of sulfone groups is 1. The molecule has 1 unspecified atom stereocenters. The minimum atomic E-state index is -3.10. The van der Waals surface area contributed by atoms with E-state index in [1.807, 2.05) is 19.1 Å². The summed E-state index contributed by atoms with van der Waals surface area (Å²) < 4.78 is 25.4. The Balaban J connectivity index is 1.62. The Bertz CT molecular complexity index is 1620. The van der Waals surface area contributed by atoms with Crippen molar-refractivity contribution in [2.75, 3.05) is 45.5 Å². The standard InChI is InChI=1S/C31H42ClN5O5S/c1-21(6-7-22(2)32)8-12-34-29(39)26-16-25-23(10-14-35-15-11-24(17-35)43(5,41)42)9-13-33-28(25)37(30(26)40)18-27(38)36-19-31(3,4)20-36/h6-7,9,13,16,24H,8,10-12,14-15,17-20H2,1-5H3,(H,34,39). The SMILES string of the molecule is CC(Cl)=CC=C(C)CCNC(=O)c1cc2c(CCN3CCC(S(C)(=O)=O)C3)ccnc2n(CC(=O)N2CC(C)(C)C2)c1=O. The van der Waals surface area contributed by atoms with Crippen molar-refractivity contribution < 1.29 is 18.0 Å². The van der Waals surface area contributed by atoms with E-state index in [-0.39, 0.29) is 28.7 Å². The fourth-order valence-corrected chi connectivity index (χ4v) is 6.76. The maximum atomic E-state index is 13.7. The van der Waals surface area contributed by atoms with Crippen LogP contribution in [0.3, 0.4) is 0 Å². The van der Waals surface area contributed by atoms with Gasteiger partial charge < -0.3 is 15.1 Å². The maximum Gasteiger partial charge on any atom is 0.265 e. The molecule has 1 N–H and O–H groups in total. The summed E-state index contributed by atoms with van der Waals surface area (Å²) >= 11 is 5.90. The highest BCUT2D eigenvalue weighted by Gasteiger charge is 2.37. The Labute approximate surface area is 258 Å². The first-order valence-electron chi connectivity index (χ1n) is 14.6. The van der Waals surface area contributed by atoms with Gasteiger partial charge in [-0.25, -0.2) is 13.4 Å². The van der Waals surface area contributed by atoms with E-state index in [1.54, 1.807) is 30.2 Å². The summed E-state index contributed by atoms with van der Waals surface area (Å²) in [5, 5.41) is 3.76. The predicted molar refractivity (Wildman–Crippen MR) is 170 cm³/mol. The third-order valence-corrected chi connectivity index (χ3v) is 9.86. The zero-order valence-electron chi connectivity index (χ0n) is 25.7. The lowest BCUT2D eigenvalue weighted by molar-refractivity contribution is -0.142. The van der Waals surface area contributed by atoms with Crippen molar-refractivity contribution >= 4 is 44.3 Å². The largest absolute Gasteiger partial charge is 0.352 e. The highest BCUT2D eigenvalue weighted by Crippen LogP contribution is 2.29. The number of allylic oxidation sites excluding steroid dienone is 3. The van der Waals surface area contributed by atoms with Crippen molar-refractivity contribution in [3.8, 4) is 0 Å². The molecule has 0 radical (unpaired) electrons. The van der Waals surface area contributed by atoms with Gasteiger partial charge in [-0.05, 0) is 68.8 Å². The molecule has 2 aliphatic rings. The summed E-state index contributed by atoms with van der Waals surface area (Å²) in [4.78, 5) is 48.5. The van der Waals surface area contributed by atoms with Crippen LogP contribution >= 0.6 is 11.6 Å². The van der Waals surface area contributed by atoms with E-state index in [2.05, 4.69) is 29.0 Å². The van der Waals surface area contributed by atoms with Crippen molar-refractivity contribution in [1.29, 1.82) is 0 Å². The summed E-state index contributed by atoms with van der Waals surface area (Å²) in [5.74, 6) is -0.708. The van der Waals surface area contributed by atoms with Crippen LogP contribution in [-0.4, -0.2) is 90.4 Å². The van der Waals surface area contributed by atoms with E-state index in [1.165, 1.54) is 10.8 Å². The summed E-state index contributed by atoms with van der Waals surface area (Å²) in [6.45, 7) is 11.0. The number of likely N-dealkylation sites (tertiary alicyclic amines) is 2. The second-order valence-corrected chi connectivity index (χ2v) is 15.6. The summed E-state index contributed by atoms with van der Waals surface area (Å²) in [6.07, 6.45) is 8.31. The quantitative estimate of drug-likeness (QED) is 0.378. The number of pyridine rings is 2. The number of carbonyl (C=O) groups excluding carboxylic acids is 2. The van der Waals surface area contributed by atoms with Crippen molar-refractivity contribution in [1.82, 2.24) is 24.7 Å².